The van der Waals surface area contributed by atoms with Crippen LogP contribution >= 0.6 is 0 Å². The van der Waals surface area contributed by atoms with Crippen molar-refractivity contribution in [1.82, 2.24) is 9.47 Å². The maximum Gasteiger partial charge on any atom is 0.410 e. The van der Waals surface area contributed by atoms with Crippen LogP contribution in [0.25, 0.3) is 11.1 Å². The Bertz CT molecular complexity index is 1100. The average molecular weight is 456 g/mol. The van der Waals surface area contributed by atoms with Crippen molar-refractivity contribution in [2.45, 2.75) is 58.8 Å². The molecule has 0 spiro atoms. The van der Waals surface area contributed by atoms with Crippen molar-refractivity contribution < 1.29 is 19.4 Å². The Morgan fingerprint density at radius 3 is 2.36 bits per heavy atom. The predicted octanol–water partition coefficient (Wildman–Crippen LogP) is 3.01. The quantitative estimate of drug-likeness (QED) is 0.735. The summed E-state index contributed by atoms with van der Waals surface area (Å²) in [6.07, 6.45) is 1.23. The third kappa shape index (κ3) is 5.27. The van der Waals surface area contributed by atoms with Gasteiger partial charge in [0.15, 0.2) is 0 Å². The molecule has 1 aromatic carbocycles. The Morgan fingerprint density at radius 2 is 1.82 bits per heavy atom. The van der Waals surface area contributed by atoms with E-state index < -0.39 is 28.6 Å². The number of primary amides is 1. The Kier molecular flexibility index (Phi) is 6.44. The zero-order valence-corrected chi connectivity index (χ0v) is 19.9. The first-order valence-corrected chi connectivity index (χ1v) is 11.0. The Labute approximate surface area is 194 Å². The highest BCUT2D eigenvalue weighted by atomic mass is 16.6. The number of nitrogens with zero attached hydrogens (tertiary/aromatic N) is 2. The van der Waals surface area contributed by atoms with E-state index in [4.69, 9.17) is 10.5 Å². The van der Waals surface area contributed by atoms with Gasteiger partial charge in [0.2, 0.25) is 0 Å². The highest BCUT2D eigenvalue weighted by Gasteiger charge is 2.49. The molecule has 2 amide bonds. The maximum atomic E-state index is 13.0. The van der Waals surface area contributed by atoms with E-state index in [0.717, 1.165) is 0 Å². The van der Waals surface area contributed by atoms with Crippen LogP contribution < -0.4 is 11.3 Å². The van der Waals surface area contributed by atoms with E-state index in [1.807, 2.05) is 32.0 Å². The van der Waals surface area contributed by atoms with Gasteiger partial charge in [-0.3, -0.25) is 9.59 Å². The van der Waals surface area contributed by atoms with Gasteiger partial charge in [-0.05, 0) is 32.8 Å². The lowest BCUT2D eigenvalue weighted by Gasteiger charge is -2.50. The van der Waals surface area contributed by atoms with Gasteiger partial charge in [0.1, 0.15) is 5.60 Å². The smallest absolute Gasteiger partial charge is 0.410 e. The number of nitrogens with two attached hydrogens (primary N) is 1. The number of pyridine rings is 1. The summed E-state index contributed by atoms with van der Waals surface area (Å²) in [6, 6.07) is 10.4. The molecule has 1 unspecified atom stereocenters. The van der Waals surface area contributed by atoms with Crippen molar-refractivity contribution in [1.29, 1.82) is 0 Å². The number of piperidine rings is 1. The Morgan fingerprint density at radius 1 is 1.18 bits per heavy atom. The lowest BCUT2D eigenvalue weighted by atomic mass is 9.70. The first-order valence-electron chi connectivity index (χ1n) is 11.0. The number of rotatable bonds is 4. The Hall–Kier alpha value is -3.13. The van der Waals surface area contributed by atoms with E-state index in [-0.39, 0.29) is 37.2 Å². The van der Waals surface area contributed by atoms with E-state index in [0.29, 0.717) is 11.1 Å². The fraction of sp³-hybridized carbons (Fsp3) is 0.480. The topological polar surface area (TPSA) is 115 Å². The van der Waals surface area contributed by atoms with Crippen LogP contribution in [0.4, 0.5) is 4.79 Å². The number of carbonyl (C=O) groups excluding carboxylic acids is 2. The van der Waals surface area contributed by atoms with E-state index in [2.05, 4.69) is 0 Å². The van der Waals surface area contributed by atoms with Gasteiger partial charge in [0.25, 0.3) is 11.5 Å². The minimum absolute atomic E-state index is 0.0314. The third-order valence-electron chi connectivity index (χ3n) is 6.20. The molecule has 3 N–H and O–H groups in total. The molecule has 0 aliphatic carbocycles. The molecule has 1 atom stereocenters. The molecule has 1 aliphatic heterocycles. The molecule has 8 nitrogen and oxygen atoms in total. The number of benzene rings is 1. The average Bonchev–Trinajstić information content (AvgIpc) is 2.70. The number of hydrogen-bond acceptors (Lipinski definition) is 5. The zero-order chi connectivity index (χ0) is 24.6. The molecule has 178 valence electrons. The first-order chi connectivity index (χ1) is 15.2. The van der Waals surface area contributed by atoms with Crippen molar-refractivity contribution in [3.63, 3.8) is 0 Å². The molecule has 1 aliphatic rings. The molecule has 1 aromatic heterocycles. The van der Waals surface area contributed by atoms with Gasteiger partial charge < -0.3 is 25.0 Å². The second kappa shape index (κ2) is 8.67. The highest BCUT2D eigenvalue weighted by Crippen LogP contribution is 2.40. The van der Waals surface area contributed by atoms with Crippen LogP contribution in [-0.2, 0) is 11.3 Å². The van der Waals surface area contributed by atoms with Crippen molar-refractivity contribution in [3.8, 4) is 11.1 Å². The SMILES string of the molecule is CC(C)(C)OC(=O)N1CCC(O)(Cn2cc(C(N)=O)c(-c3ccccc3)cc2=O)C(C)(C)C1. The predicted molar refractivity (Wildman–Crippen MR) is 126 cm³/mol. The number of aliphatic hydroxyl groups is 1. The van der Waals surface area contributed by atoms with Crippen LogP contribution in [0, 0.1) is 5.41 Å². The summed E-state index contributed by atoms with van der Waals surface area (Å²) >= 11 is 0. The zero-order valence-electron chi connectivity index (χ0n) is 19.9. The number of likely N-dealkylation sites (tertiary alicyclic amines) is 1. The lowest BCUT2D eigenvalue weighted by Crippen LogP contribution is -2.61. The van der Waals surface area contributed by atoms with Gasteiger partial charge in [0, 0.05) is 36.3 Å². The number of ether oxygens (including phenoxy) is 1. The van der Waals surface area contributed by atoms with Gasteiger partial charge in [-0.1, -0.05) is 44.2 Å². The number of carbonyl (C=O) groups is 2. The summed E-state index contributed by atoms with van der Waals surface area (Å²) in [4.78, 5) is 39.2. The molecule has 33 heavy (non-hydrogen) atoms. The van der Waals surface area contributed by atoms with E-state index in [9.17, 15) is 19.5 Å². The molecule has 0 bridgehead atoms. The fourth-order valence-electron chi connectivity index (χ4n) is 4.17. The summed E-state index contributed by atoms with van der Waals surface area (Å²) in [6.45, 7) is 9.63. The van der Waals surface area contributed by atoms with Gasteiger partial charge in [-0.15, -0.1) is 0 Å². The molecule has 3 rings (SSSR count). The largest absolute Gasteiger partial charge is 0.444 e. The van der Waals surface area contributed by atoms with Gasteiger partial charge in [0.05, 0.1) is 17.7 Å². The van der Waals surface area contributed by atoms with Crippen molar-refractivity contribution >= 4 is 12.0 Å². The normalized spacial score (nSPS) is 20.4. The molecule has 1 fully saturated rings. The third-order valence-corrected chi connectivity index (χ3v) is 6.20. The van der Waals surface area contributed by atoms with Gasteiger partial charge in [-0.25, -0.2) is 4.79 Å². The minimum atomic E-state index is -1.29. The molecular formula is C25H33N3O5. The summed E-state index contributed by atoms with van der Waals surface area (Å²) in [5, 5.41) is 11.6. The maximum absolute atomic E-state index is 13.0. The van der Waals surface area contributed by atoms with Crippen molar-refractivity contribution in [3.05, 3.63) is 58.5 Å². The second-order valence-electron chi connectivity index (χ2n) is 10.4. The van der Waals surface area contributed by atoms with E-state index in [1.54, 1.807) is 37.8 Å². The van der Waals surface area contributed by atoms with Gasteiger partial charge in [-0.2, -0.15) is 0 Å². The summed E-state index contributed by atoms with van der Waals surface area (Å²) in [5.41, 5.74) is 3.98. The van der Waals surface area contributed by atoms with Crippen LogP contribution in [0.5, 0.6) is 0 Å². The number of amides is 2. The standard InChI is InChI=1S/C25H33N3O5/c1-23(2,3)33-22(31)27-12-11-25(32,24(4,5)15-27)16-28-14-19(21(26)30)18(13-20(28)29)17-9-7-6-8-10-17/h6-10,13-14,32H,11-12,15-16H2,1-5H3,(H2,26,30). The summed E-state index contributed by atoms with van der Waals surface area (Å²) in [5.74, 6) is -0.659. The van der Waals surface area contributed by atoms with Crippen LogP contribution in [0.2, 0.25) is 0 Å². The van der Waals surface area contributed by atoms with Crippen LogP contribution in [-0.4, -0.2) is 50.9 Å². The fourth-order valence-corrected chi connectivity index (χ4v) is 4.17. The molecule has 2 aromatic rings. The van der Waals surface area contributed by atoms with E-state index >= 15 is 0 Å². The molecule has 2 heterocycles. The van der Waals surface area contributed by atoms with Crippen LogP contribution in [0.3, 0.4) is 0 Å². The number of hydrogen-bond donors (Lipinski definition) is 2. The van der Waals surface area contributed by atoms with Crippen molar-refractivity contribution in [2.75, 3.05) is 13.1 Å². The molecule has 1 saturated heterocycles. The monoisotopic (exact) mass is 455 g/mol. The molecular weight excluding hydrogens is 422 g/mol. The first kappa shape index (κ1) is 24.5. The highest BCUT2D eigenvalue weighted by molar-refractivity contribution is 5.99. The van der Waals surface area contributed by atoms with Crippen LogP contribution in [0.15, 0.2) is 47.4 Å². The number of aromatic nitrogens is 1. The van der Waals surface area contributed by atoms with E-state index in [1.165, 1.54) is 16.8 Å². The van der Waals surface area contributed by atoms with Crippen LogP contribution in [0.1, 0.15) is 51.4 Å². The summed E-state index contributed by atoms with van der Waals surface area (Å²) in [7, 11) is 0. The Balaban J connectivity index is 1.90. The molecule has 8 heteroatoms. The van der Waals surface area contributed by atoms with Crippen molar-refractivity contribution in [2.24, 2.45) is 11.1 Å². The lowest BCUT2D eigenvalue weighted by molar-refractivity contribution is -0.126. The second-order valence-corrected chi connectivity index (χ2v) is 10.4. The van der Waals surface area contributed by atoms with Gasteiger partial charge >= 0.3 is 6.09 Å². The molecule has 0 radical (unpaired) electrons. The minimum Gasteiger partial charge on any atom is -0.444 e. The molecule has 0 saturated carbocycles. The summed E-state index contributed by atoms with van der Waals surface area (Å²) < 4.78 is 6.80.